The molecule has 1 fully saturated rings. The van der Waals surface area contributed by atoms with Crippen molar-refractivity contribution in [2.45, 2.75) is 31.7 Å². The van der Waals surface area contributed by atoms with Crippen molar-refractivity contribution in [2.24, 2.45) is 0 Å². The number of ether oxygens (including phenoxy) is 1. The number of amides is 1. The van der Waals surface area contributed by atoms with Crippen LogP contribution in [0.2, 0.25) is 0 Å². The van der Waals surface area contributed by atoms with Gasteiger partial charge in [0.25, 0.3) is 5.91 Å². The number of carbonyl (C=O) groups excluding carboxylic acids is 1. The van der Waals surface area contributed by atoms with Crippen molar-refractivity contribution in [3.63, 3.8) is 0 Å². The molecule has 3 aromatic heterocycles. The lowest BCUT2D eigenvalue weighted by molar-refractivity contribution is 0.103. The third-order valence-corrected chi connectivity index (χ3v) is 8.22. The van der Waals surface area contributed by atoms with Gasteiger partial charge in [0.15, 0.2) is 5.01 Å². The maximum absolute atomic E-state index is 13.2. The lowest BCUT2D eigenvalue weighted by Crippen LogP contribution is -2.11. The average molecular weight is 553 g/mol. The molecule has 8 nitrogen and oxygen atoms in total. The molecule has 1 amide bonds. The first-order valence-corrected chi connectivity index (χ1v) is 14.3. The number of methoxy groups -OCH3 is 1. The van der Waals surface area contributed by atoms with Gasteiger partial charge in [-0.25, -0.2) is 4.98 Å². The van der Waals surface area contributed by atoms with Gasteiger partial charge in [0.2, 0.25) is 5.82 Å². The molecule has 3 heterocycles. The smallest absolute Gasteiger partial charge is 0.266 e. The summed E-state index contributed by atoms with van der Waals surface area (Å²) in [5, 5.41) is 20.6. The number of nitrogens with one attached hydrogen (secondary N) is 1. The molecule has 0 spiro atoms. The van der Waals surface area contributed by atoms with E-state index in [0.717, 1.165) is 21.9 Å². The number of nitrogens with zero attached hydrogens (tertiary/aromatic N) is 5. The minimum atomic E-state index is -0.235. The number of hydrogen-bond donors (Lipinski definition) is 1. The van der Waals surface area contributed by atoms with Crippen LogP contribution in [0.5, 0.6) is 5.75 Å². The van der Waals surface area contributed by atoms with Crippen molar-refractivity contribution in [3.05, 3.63) is 92.1 Å². The Kier molecular flexibility index (Phi) is 7.17. The summed E-state index contributed by atoms with van der Waals surface area (Å²) in [6, 6.07) is 17.0. The van der Waals surface area contributed by atoms with Gasteiger partial charge in [-0.2, -0.15) is 4.80 Å². The van der Waals surface area contributed by atoms with Gasteiger partial charge in [-0.1, -0.05) is 30.5 Å². The lowest BCUT2D eigenvalue weighted by atomic mass is 9.83. The molecule has 1 N–H and O–H groups in total. The molecular formula is C29H24N6O2S2. The van der Waals surface area contributed by atoms with Gasteiger partial charge in [-0.05, 0) is 71.3 Å². The van der Waals surface area contributed by atoms with E-state index in [1.54, 1.807) is 18.4 Å². The summed E-state index contributed by atoms with van der Waals surface area (Å²) in [6.45, 7) is 0.458. The van der Waals surface area contributed by atoms with Crippen LogP contribution >= 0.6 is 22.7 Å². The van der Waals surface area contributed by atoms with Crippen molar-refractivity contribution >= 4 is 34.3 Å². The number of benzene rings is 2. The van der Waals surface area contributed by atoms with Gasteiger partial charge < -0.3 is 10.1 Å². The lowest BCUT2D eigenvalue weighted by Gasteiger charge is -2.22. The Morgan fingerprint density at radius 1 is 1.13 bits per heavy atom. The molecule has 0 radical (unpaired) electrons. The Balaban J connectivity index is 1.13. The number of rotatable bonds is 7. The number of thiazole rings is 1. The number of hydrogen-bond acceptors (Lipinski definition) is 8. The molecule has 0 atom stereocenters. The first-order valence-electron chi connectivity index (χ1n) is 12.5. The van der Waals surface area contributed by atoms with E-state index in [4.69, 9.17) is 4.74 Å². The third kappa shape index (κ3) is 5.74. The van der Waals surface area contributed by atoms with Crippen LogP contribution in [0.15, 0.2) is 65.4 Å². The monoisotopic (exact) mass is 552 g/mol. The van der Waals surface area contributed by atoms with Gasteiger partial charge in [-0.3, -0.25) is 4.79 Å². The SMILES string of the molecule is COc1ccc(Cn2nnc(-c3ccsc3C(=O)Nc3cccc(C#Cc4nc(C5CCC5)cs4)c3)n2)cc1. The van der Waals surface area contributed by atoms with E-state index >= 15 is 0 Å². The van der Waals surface area contributed by atoms with Crippen LogP contribution in [0.25, 0.3) is 11.4 Å². The van der Waals surface area contributed by atoms with E-state index in [1.807, 2.05) is 60.0 Å². The fraction of sp³-hybridized carbons (Fsp3) is 0.207. The summed E-state index contributed by atoms with van der Waals surface area (Å²) in [4.78, 5) is 19.9. The Morgan fingerprint density at radius 2 is 2.00 bits per heavy atom. The van der Waals surface area contributed by atoms with Crippen molar-refractivity contribution < 1.29 is 9.53 Å². The van der Waals surface area contributed by atoms with E-state index in [0.29, 0.717) is 34.4 Å². The first kappa shape index (κ1) is 25.0. The fourth-order valence-electron chi connectivity index (χ4n) is 4.20. The zero-order chi connectivity index (χ0) is 26.6. The molecule has 0 saturated heterocycles. The molecule has 0 bridgehead atoms. The number of anilines is 1. The van der Waals surface area contributed by atoms with Gasteiger partial charge in [0.05, 0.1) is 19.3 Å². The van der Waals surface area contributed by atoms with Crippen LogP contribution in [0, 0.1) is 11.8 Å². The van der Waals surface area contributed by atoms with Gasteiger partial charge in [0, 0.05) is 28.1 Å². The number of thiophene rings is 1. The largest absolute Gasteiger partial charge is 0.497 e. The summed E-state index contributed by atoms with van der Waals surface area (Å²) in [5.74, 6) is 7.90. The van der Waals surface area contributed by atoms with Crippen LogP contribution in [0.1, 0.15) is 56.7 Å². The Hall–Kier alpha value is -4.33. The second kappa shape index (κ2) is 11.2. The van der Waals surface area contributed by atoms with Gasteiger partial charge in [0.1, 0.15) is 10.6 Å². The molecule has 1 aliphatic carbocycles. The summed E-state index contributed by atoms with van der Waals surface area (Å²) >= 11 is 2.92. The fourth-order valence-corrected chi connectivity index (χ4v) is 5.73. The second-order valence-electron chi connectivity index (χ2n) is 9.15. The topological polar surface area (TPSA) is 94.8 Å². The highest BCUT2D eigenvalue weighted by Gasteiger charge is 2.22. The zero-order valence-corrected chi connectivity index (χ0v) is 22.8. The van der Waals surface area contributed by atoms with Crippen molar-refractivity contribution in [1.82, 2.24) is 25.2 Å². The molecule has 39 heavy (non-hydrogen) atoms. The maximum atomic E-state index is 13.2. The highest BCUT2D eigenvalue weighted by molar-refractivity contribution is 7.12. The molecule has 10 heteroatoms. The predicted octanol–water partition coefficient (Wildman–Crippen LogP) is 5.83. The van der Waals surface area contributed by atoms with E-state index in [9.17, 15) is 4.79 Å². The van der Waals surface area contributed by atoms with E-state index in [2.05, 4.69) is 42.9 Å². The summed E-state index contributed by atoms with van der Waals surface area (Å²) in [6.07, 6.45) is 3.74. The summed E-state index contributed by atoms with van der Waals surface area (Å²) in [7, 11) is 1.63. The molecule has 6 rings (SSSR count). The molecule has 1 aliphatic rings. The Morgan fingerprint density at radius 3 is 2.79 bits per heavy atom. The van der Waals surface area contributed by atoms with Crippen LogP contribution in [-0.2, 0) is 6.54 Å². The predicted molar refractivity (Wildman–Crippen MR) is 152 cm³/mol. The van der Waals surface area contributed by atoms with Gasteiger partial charge in [-0.15, -0.1) is 32.9 Å². The summed E-state index contributed by atoms with van der Waals surface area (Å²) in [5.41, 5.74) is 4.29. The van der Waals surface area contributed by atoms with Crippen LogP contribution in [0.3, 0.4) is 0 Å². The van der Waals surface area contributed by atoms with E-state index < -0.39 is 0 Å². The number of aromatic nitrogens is 5. The highest BCUT2D eigenvalue weighted by Crippen LogP contribution is 2.36. The third-order valence-electron chi connectivity index (χ3n) is 6.53. The minimum absolute atomic E-state index is 0.235. The summed E-state index contributed by atoms with van der Waals surface area (Å²) < 4.78 is 5.20. The van der Waals surface area contributed by atoms with Crippen LogP contribution < -0.4 is 10.1 Å². The van der Waals surface area contributed by atoms with Crippen molar-refractivity contribution in [1.29, 1.82) is 0 Å². The van der Waals surface area contributed by atoms with Gasteiger partial charge >= 0.3 is 0 Å². The normalized spacial score (nSPS) is 12.8. The number of carbonyl (C=O) groups is 1. The molecule has 0 aliphatic heterocycles. The average Bonchev–Trinajstić information content (AvgIpc) is 3.68. The first-order chi connectivity index (χ1) is 19.1. The molecule has 5 aromatic rings. The van der Waals surface area contributed by atoms with E-state index in [1.165, 1.54) is 41.1 Å². The highest BCUT2D eigenvalue weighted by atomic mass is 32.1. The molecular weight excluding hydrogens is 528 g/mol. The Labute approximate surface area is 233 Å². The minimum Gasteiger partial charge on any atom is -0.497 e. The molecule has 2 aromatic carbocycles. The molecule has 0 unspecified atom stereocenters. The zero-order valence-electron chi connectivity index (χ0n) is 21.1. The molecule has 1 saturated carbocycles. The standard InChI is InChI=1S/C29H24N6O2S2/c1-37-23-11-8-20(9-12-23)17-35-33-28(32-34-35)24-14-15-38-27(24)29(36)30-22-7-2-4-19(16-22)10-13-26-31-25(18-39-26)21-5-3-6-21/h2,4,7-9,11-12,14-16,18,21H,3,5-6,17H2,1H3,(H,30,36). The van der Waals surface area contributed by atoms with Crippen molar-refractivity contribution in [3.8, 4) is 29.0 Å². The van der Waals surface area contributed by atoms with Crippen LogP contribution in [0.4, 0.5) is 5.69 Å². The van der Waals surface area contributed by atoms with Crippen LogP contribution in [-0.4, -0.2) is 38.2 Å². The molecule has 194 valence electrons. The maximum Gasteiger partial charge on any atom is 0.266 e. The van der Waals surface area contributed by atoms with E-state index in [-0.39, 0.29) is 5.91 Å². The number of tetrazole rings is 1. The Bertz CT molecular complexity index is 1670. The second-order valence-corrected chi connectivity index (χ2v) is 10.9. The van der Waals surface area contributed by atoms with Crippen molar-refractivity contribution in [2.75, 3.05) is 12.4 Å². The quantitative estimate of drug-likeness (QED) is 0.255.